The Hall–Kier alpha value is -2.37. The zero-order valence-electron chi connectivity index (χ0n) is 16.1. The maximum atomic E-state index is 11.9. The smallest absolute Gasteiger partial charge is 0.414 e. The zero-order valence-corrected chi connectivity index (χ0v) is 16.9. The Morgan fingerprint density at radius 1 is 1.00 bits per heavy atom. The van der Waals surface area contributed by atoms with Crippen LogP contribution in [-0.2, 0) is 26.2 Å². The molecule has 0 bridgehead atoms. The van der Waals surface area contributed by atoms with E-state index in [1.165, 1.54) is 0 Å². The number of piperazine rings is 1. The fraction of sp³-hybridized carbons (Fsp3) is 0.529. The van der Waals surface area contributed by atoms with Crippen molar-refractivity contribution >= 4 is 22.0 Å². The van der Waals surface area contributed by atoms with Crippen LogP contribution in [0, 0.1) is 0 Å². The molecule has 1 aromatic rings. The van der Waals surface area contributed by atoms with Crippen LogP contribution in [0.2, 0.25) is 0 Å². The largest absolute Gasteiger partial charge is 0.493 e. The van der Waals surface area contributed by atoms with E-state index in [0.29, 0.717) is 24.6 Å². The van der Waals surface area contributed by atoms with E-state index in [2.05, 4.69) is 4.90 Å². The maximum absolute atomic E-state index is 11.9. The van der Waals surface area contributed by atoms with Crippen molar-refractivity contribution in [2.75, 3.05) is 46.2 Å². The lowest BCUT2D eigenvalue weighted by atomic mass is 10.1. The summed E-state index contributed by atoms with van der Waals surface area (Å²) in [5, 5.41) is 14.8. The van der Waals surface area contributed by atoms with Gasteiger partial charge in [0.1, 0.15) is 0 Å². The lowest BCUT2D eigenvalue weighted by Gasteiger charge is -2.33. The van der Waals surface area contributed by atoms with Crippen LogP contribution in [0.5, 0.6) is 11.5 Å². The van der Waals surface area contributed by atoms with E-state index in [1.807, 2.05) is 18.2 Å². The number of rotatable bonds is 6. The van der Waals surface area contributed by atoms with E-state index in [0.717, 1.165) is 25.2 Å². The third kappa shape index (κ3) is 6.98. The zero-order chi connectivity index (χ0) is 21.3. The molecular weight excluding hydrogens is 392 g/mol. The van der Waals surface area contributed by atoms with Crippen molar-refractivity contribution in [3.8, 4) is 11.5 Å². The molecule has 0 atom stereocenters. The van der Waals surface area contributed by atoms with Crippen LogP contribution >= 0.6 is 0 Å². The molecule has 1 heterocycles. The molecule has 11 heteroatoms. The van der Waals surface area contributed by atoms with Crippen LogP contribution < -0.4 is 9.47 Å². The number of carboxylic acids is 2. The molecule has 1 aliphatic heterocycles. The summed E-state index contributed by atoms with van der Waals surface area (Å²) in [7, 11) is 0.170. The highest BCUT2D eigenvalue weighted by molar-refractivity contribution is 7.89. The Labute approximate surface area is 164 Å². The molecule has 0 amide bonds. The van der Waals surface area contributed by atoms with Gasteiger partial charge in [-0.15, -0.1) is 0 Å². The second-order valence-electron chi connectivity index (χ2n) is 5.88. The van der Waals surface area contributed by atoms with Crippen molar-refractivity contribution in [1.29, 1.82) is 0 Å². The van der Waals surface area contributed by atoms with Gasteiger partial charge < -0.3 is 19.7 Å². The molecule has 158 valence electrons. The van der Waals surface area contributed by atoms with Crippen molar-refractivity contribution in [3.63, 3.8) is 0 Å². The number of nitrogens with zero attached hydrogens (tertiary/aromatic N) is 2. The van der Waals surface area contributed by atoms with E-state index in [-0.39, 0.29) is 5.75 Å². The number of carbonyl (C=O) groups is 2. The van der Waals surface area contributed by atoms with Crippen LogP contribution in [0.4, 0.5) is 0 Å². The first-order valence-electron chi connectivity index (χ1n) is 8.51. The Kier molecular flexibility index (Phi) is 9.16. The molecule has 28 heavy (non-hydrogen) atoms. The lowest BCUT2D eigenvalue weighted by molar-refractivity contribution is -0.159. The standard InChI is InChI=1S/C15H24N2O4S.C2H2O4/c1-4-22(18,19)17-9-7-16(8-10-17)12-13-5-6-14(20-2)15(11-13)21-3;3-1(4)2(5)6/h5-6,11H,4,7-10,12H2,1-3H3;(H,3,4)(H,5,6). The van der Waals surface area contributed by atoms with Crippen LogP contribution in [0.25, 0.3) is 0 Å². The molecular formula is C17H26N2O8S. The number of hydrogen-bond acceptors (Lipinski definition) is 7. The van der Waals surface area contributed by atoms with E-state index in [9.17, 15) is 8.42 Å². The van der Waals surface area contributed by atoms with Crippen LogP contribution in [0.15, 0.2) is 18.2 Å². The molecule has 2 rings (SSSR count). The quantitative estimate of drug-likeness (QED) is 0.627. The molecule has 0 aliphatic carbocycles. The summed E-state index contributed by atoms with van der Waals surface area (Å²) >= 11 is 0. The first-order valence-corrected chi connectivity index (χ1v) is 10.1. The Balaban J connectivity index is 0.000000568. The minimum absolute atomic E-state index is 0.169. The van der Waals surface area contributed by atoms with Crippen molar-refractivity contribution in [2.45, 2.75) is 13.5 Å². The Morgan fingerprint density at radius 3 is 1.96 bits per heavy atom. The number of carboxylic acid groups (broad SMARTS) is 2. The normalized spacial score (nSPS) is 15.2. The summed E-state index contributed by atoms with van der Waals surface area (Å²) in [5.41, 5.74) is 1.13. The van der Waals surface area contributed by atoms with E-state index in [4.69, 9.17) is 29.3 Å². The topological polar surface area (TPSA) is 134 Å². The molecule has 0 saturated carbocycles. The van der Waals surface area contributed by atoms with Gasteiger partial charge >= 0.3 is 11.9 Å². The first kappa shape index (κ1) is 23.7. The summed E-state index contributed by atoms with van der Waals surface area (Å²) in [5.74, 6) is -2.05. The highest BCUT2D eigenvalue weighted by atomic mass is 32.2. The second-order valence-corrected chi connectivity index (χ2v) is 8.13. The van der Waals surface area contributed by atoms with Gasteiger partial charge in [0.05, 0.1) is 20.0 Å². The highest BCUT2D eigenvalue weighted by Gasteiger charge is 2.25. The minimum atomic E-state index is -3.07. The summed E-state index contributed by atoms with van der Waals surface area (Å²) in [6.07, 6.45) is 0. The van der Waals surface area contributed by atoms with E-state index >= 15 is 0 Å². The van der Waals surface area contributed by atoms with Gasteiger partial charge in [-0.2, -0.15) is 4.31 Å². The predicted octanol–water partition coefficient (Wildman–Crippen LogP) is 0.327. The average Bonchev–Trinajstić information content (AvgIpc) is 2.68. The maximum Gasteiger partial charge on any atom is 0.414 e. The average molecular weight is 418 g/mol. The molecule has 1 saturated heterocycles. The van der Waals surface area contributed by atoms with Crippen molar-refractivity contribution < 1.29 is 37.7 Å². The predicted molar refractivity (Wildman–Crippen MR) is 101 cm³/mol. The number of sulfonamides is 1. The second kappa shape index (κ2) is 10.8. The number of benzene rings is 1. The SMILES string of the molecule is CCS(=O)(=O)N1CCN(Cc2ccc(OC)c(OC)c2)CC1.O=C(O)C(=O)O. The molecule has 2 N–H and O–H groups in total. The van der Waals surface area contributed by atoms with Gasteiger partial charge in [-0.1, -0.05) is 6.07 Å². The highest BCUT2D eigenvalue weighted by Crippen LogP contribution is 2.28. The van der Waals surface area contributed by atoms with Crippen LogP contribution in [-0.4, -0.2) is 85.9 Å². The van der Waals surface area contributed by atoms with Gasteiger partial charge in [-0.05, 0) is 24.6 Å². The van der Waals surface area contributed by atoms with Crippen molar-refractivity contribution in [2.24, 2.45) is 0 Å². The summed E-state index contributed by atoms with van der Waals surface area (Å²) < 4.78 is 35.8. The molecule has 0 aromatic heterocycles. The Bertz CT molecular complexity index is 761. The van der Waals surface area contributed by atoms with Gasteiger partial charge in [0.15, 0.2) is 11.5 Å². The fourth-order valence-electron chi connectivity index (χ4n) is 2.59. The minimum Gasteiger partial charge on any atom is -0.493 e. The van der Waals surface area contributed by atoms with Gasteiger partial charge in [-0.25, -0.2) is 18.0 Å². The van der Waals surface area contributed by atoms with Crippen LogP contribution in [0.3, 0.4) is 0 Å². The van der Waals surface area contributed by atoms with Gasteiger partial charge in [-0.3, -0.25) is 4.90 Å². The van der Waals surface area contributed by atoms with Gasteiger partial charge in [0.25, 0.3) is 0 Å². The van der Waals surface area contributed by atoms with E-state index in [1.54, 1.807) is 25.4 Å². The van der Waals surface area contributed by atoms with Crippen molar-refractivity contribution in [1.82, 2.24) is 9.21 Å². The van der Waals surface area contributed by atoms with Gasteiger partial charge in [0.2, 0.25) is 10.0 Å². The van der Waals surface area contributed by atoms with Crippen LogP contribution in [0.1, 0.15) is 12.5 Å². The molecule has 10 nitrogen and oxygen atoms in total. The monoisotopic (exact) mass is 418 g/mol. The van der Waals surface area contributed by atoms with E-state index < -0.39 is 22.0 Å². The fourth-order valence-corrected chi connectivity index (χ4v) is 3.67. The molecule has 0 unspecified atom stereocenters. The summed E-state index contributed by atoms with van der Waals surface area (Å²) in [6.45, 7) is 5.07. The molecule has 0 spiro atoms. The van der Waals surface area contributed by atoms with Gasteiger partial charge in [0, 0.05) is 32.7 Å². The molecule has 1 fully saturated rings. The third-order valence-electron chi connectivity index (χ3n) is 4.13. The molecule has 1 aromatic carbocycles. The number of aliphatic carboxylic acids is 2. The molecule has 1 aliphatic rings. The first-order chi connectivity index (χ1) is 13.1. The number of methoxy groups -OCH3 is 2. The number of hydrogen-bond donors (Lipinski definition) is 2. The molecule has 0 radical (unpaired) electrons. The third-order valence-corrected chi connectivity index (χ3v) is 6.01. The summed E-state index contributed by atoms with van der Waals surface area (Å²) in [6, 6.07) is 5.87. The summed E-state index contributed by atoms with van der Waals surface area (Å²) in [4.78, 5) is 20.5. The van der Waals surface area contributed by atoms with Crippen molar-refractivity contribution in [3.05, 3.63) is 23.8 Å². The Morgan fingerprint density at radius 2 is 1.54 bits per heavy atom. The number of ether oxygens (including phenoxy) is 2. The lowest BCUT2D eigenvalue weighted by Crippen LogP contribution is -2.48.